The van der Waals surface area contributed by atoms with E-state index in [2.05, 4.69) is 10.1 Å². The Morgan fingerprint density at radius 2 is 1.84 bits per heavy atom. The Balaban J connectivity index is 1.72. The van der Waals surface area contributed by atoms with Crippen molar-refractivity contribution >= 4 is 17.6 Å². The van der Waals surface area contributed by atoms with E-state index in [9.17, 15) is 27.2 Å². The summed E-state index contributed by atoms with van der Waals surface area (Å²) < 4.78 is 55.2. The molecule has 0 unspecified atom stereocenters. The van der Waals surface area contributed by atoms with Crippen molar-refractivity contribution in [2.24, 2.45) is 0 Å². The number of benzene rings is 1. The molecule has 1 aliphatic heterocycles. The first-order valence-corrected chi connectivity index (χ1v) is 9.57. The molecule has 12 heteroatoms. The summed E-state index contributed by atoms with van der Waals surface area (Å²) in [6.07, 6.45) is -4.77. The van der Waals surface area contributed by atoms with Gasteiger partial charge in [-0.05, 0) is 37.3 Å². The third-order valence-electron chi connectivity index (χ3n) is 5.25. The molecule has 32 heavy (non-hydrogen) atoms. The maximum Gasteiger partial charge on any atom is 0.420 e. The number of amides is 2. The molecular formula is C20H17F4N5O3. The van der Waals surface area contributed by atoms with Crippen LogP contribution in [0.2, 0.25) is 0 Å². The van der Waals surface area contributed by atoms with Crippen LogP contribution in [0.1, 0.15) is 23.0 Å². The van der Waals surface area contributed by atoms with E-state index in [-0.39, 0.29) is 36.6 Å². The van der Waals surface area contributed by atoms with Crippen molar-refractivity contribution in [1.82, 2.24) is 24.4 Å². The van der Waals surface area contributed by atoms with Gasteiger partial charge in [0.15, 0.2) is 5.65 Å². The molecule has 1 fully saturated rings. The number of fused-ring (bicyclic) bond motifs is 1. The number of hydrogen-bond acceptors (Lipinski definition) is 4. The third kappa shape index (κ3) is 3.95. The Morgan fingerprint density at radius 1 is 1.16 bits per heavy atom. The summed E-state index contributed by atoms with van der Waals surface area (Å²) >= 11 is 0. The van der Waals surface area contributed by atoms with Crippen LogP contribution < -0.4 is 0 Å². The fourth-order valence-corrected chi connectivity index (χ4v) is 3.64. The minimum Gasteiger partial charge on any atom is -0.465 e. The zero-order valence-corrected chi connectivity index (χ0v) is 16.7. The molecule has 0 radical (unpaired) electrons. The number of carboxylic acid groups (broad SMARTS) is 1. The predicted octanol–water partition coefficient (Wildman–Crippen LogP) is 3.38. The average Bonchev–Trinajstić information content (AvgIpc) is 3.16. The maximum atomic E-state index is 13.7. The van der Waals surface area contributed by atoms with Gasteiger partial charge in [-0.25, -0.2) is 18.7 Å². The van der Waals surface area contributed by atoms with Crippen LogP contribution in [0.15, 0.2) is 36.5 Å². The molecule has 2 aromatic heterocycles. The van der Waals surface area contributed by atoms with Crippen molar-refractivity contribution in [2.45, 2.75) is 19.1 Å². The number of halogens is 4. The molecule has 0 saturated carbocycles. The number of rotatable bonds is 2. The highest BCUT2D eigenvalue weighted by atomic mass is 19.4. The van der Waals surface area contributed by atoms with E-state index in [0.29, 0.717) is 0 Å². The van der Waals surface area contributed by atoms with Crippen molar-refractivity contribution in [3.05, 3.63) is 53.6 Å². The van der Waals surface area contributed by atoms with Crippen molar-refractivity contribution in [3.8, 4) is 11.3 Å². The SMILES string of the molecule is C[C@H]1CN(C(=O)c2cn3nc(-c4ccc(F)cc4)cc(C(F)(F)F)c3n2)CCN1C(=O)O. The number of imidazole rings is 1. The lowest BCUT2D eigenvalue weighted by atomic mass is 10.1. The van der Waals surface area contributed by atoms with E-state index in [0.717, 1.165) is 28.9 Å². The number of carbonyl (C=O) groups excluding carboxylic acids is 1. The molecule has 2 amide bonds. The Kier molecular flexibility index (Phi) is 5.23. The topological polar surface area (TPSA) is 91.0 Å². The second-order valence-electron chi connectivity index (χ2n) is 7.42. The molecule has 3 aromatic rings. The van der Waals surface area contributed by atoms with Gasteiger partial charge in [-0.2, -0.15) is 18.3 Å². The molecule has 1 N–H and O–H groups in total. The van der Waals surface area contributed by atoms with E-state index >= 15 is 0 Å². The first kappa shape index (κ1) is 21.5. The number of piperazine rings is 1. The van der Waals surface area contributed by atoms with Crippen LogP contribution in [0.25, 0.3) is 16.9 Å². The van der Waals surface area contributed by atoms with Crippen LogP contribution in [0.5, 0.6) is 0 Å². The van der Waals surface area contributed by atoms with E-state index in [1.165, 1.54) is 21.9 Å². The first-order chi connectivity index (χ1) is 15.0. The number of aromatic nitrogens is 3. The standard InChI is InChI=1S/C20H17F4N5O3/c1-11-9-27(6-7-28(11)19(31)32)18(30)16-10-29-17(25-16)14(20(22,23)24)8-15(26-29)12-2-4-13(21)5-3-12/h2-5,8,10-11H,6-7,9H2,1H3,(H,31,32)/t11-/m0/s1. The lowest BCUT2D eigenvalue weighted by Gasteiger charge is -2.37. The zero-order chi connectivity index (χ0) is 23.2. The monoisotopic (exact) mass is 451 g/mol. The van der Waals surface area contributed by atoms with Crippen LogP contribution in [-0.2, 0) is 6.18 Å². The highest BCUT2D eigenvalue weighted by Gasteiger charge is 2.36. The van der Waals surface area contributed by atoms with Crippen molar-refractivity contribution in [3.63, 3.8) is 0 Å². The Labute approximate surface area is 178 Å². The predicted molar refractivity (Wildman–Crippen MR) is 103 cm³/mol. The first-order valence-electron chi connectivity index (χ1n) is 9.57. The summed E-state index contributed by atoms with van der Waals surface area (Å²) in [5.74, 6) is -1.16. The van der Waals surface area contributed by atoms with Crippen LogP contribution in [0.4, 0.5) is 22.4 Å². The van der Waals surface area contributed by atoms with E-state index in [1.807, 2.05) is 0 Å². The lowest BCUT2D eigenvalue weighted by Crippen LogP contribution is -2.55. The molecule has 4 rings (SSSR count). The molecule has 1 atom stereocenters. The second kappa shape index (κ2) is 7.77. The zero-order valence-electron chi connectivity index (χ0n) is 16.7. The summed E-state index contributed by atoms with van der Waals surface area (Å²) in [5, 5.41) is 13.3. The molecule has 8 nitrogen and oxygen atoms in total. The average molecular weight is 451 g/mol. The minimum absolute atomic E-state index is 0.0649. The van der Waals surface area contributed by atoms with Gasteiger partial charge >= 0.3 is 12.3 Å². The third-order valence-corrected chi connectivity index (χ3v) is 5.25. The van der Waals surface area contributed by atoms with Gasteiger partial charge in [-0.15, -0.1) is 0 Å². The van der Waals surface area contributed by atoms with Gasteiger partial charge in [0, 0.05) is 31.2 Å². The fourth-order valence-electron chi connectivity index (χ4n) is 3.64. The molecule has 168 valence electrons. The van der Waals surface area contributed by atoms with E-state index in [1.54, 1.807) is 6.92 Å². The number of alkyl halides is 3. The minimum atomic E-state index is -4.77. The van der Waals surface area contributed by atoms with Gasteiger partial charge < -0.3 is 14.9 Å². The largest absolute Gasteiger partial charge is 0.465 e. The van der Waals surface area contributed by atoms with Gasteiger partial charge in [0.2, 0.25) is 0 Å². The quantitative estimate of drug-likeness (QED) is 0.604. The summed E-state index contributed by atoms with van der Waals surface area (Å²) in [6.45, 7) is 1.88. The number of hydrogen-bond donors (Lipinski definition) is 1. The molecule has 0 bridgehead atoms. The van der Waals surface area contributed by atoms with E-state index < -0.39 is 41.2 Å². The van der Waals surface area contributed by atoms with Gasteiger partial charge in [0.1, 0.15) is 17.1 Å². The molecule has 0 spiro atoms. The Hall–Kier alpha value is -3.70. The van der Waals surface area contributed by atoms with Crippen LogP contribution in [-0.4, -0.2) is 67.2 Å². The van der Waals surface area contributed by atoms with Crippen molar-refractivity contribution in [2.75, 3.05) is 19.6 Å². The maximum absolute atomic E-state index is 13.7. The summed E-state index contributed by atoms with van der Waals surface area (Å²) in [5.41, 5.74) is -1.67. The van der Waals surface area contributed by atoms with Gasteiger partial charge in [-0.1, -0.05) is 0 Å². The summed E-state index contributed by atoms with van der Waals surface area (Å²) in [7, 11) is 0. The summed E-state index contributed by atoms with van der Waals surface area (Å²) in [4.78, 5) is 30.5. The highest BCUT2D eigenvalue weighted by molar-refractivity contribution is 5.93. The Bertz CT molecular complexity index is 1190. The lowest BCUT2D eigenvalue weighted by molar-refractivity contribution is -0.136. The van der Waals surface area contributed by atoms with Crippen LogP contribution in [0, 0.1) is 5.82 Å². The molecule has 1 aromatic carbocycles. The smallest absolute Gasteiger partial charge is 0.420 e. The van der Waals surface area contributed by atoms with Crippen LogP contribution >= 0.6 is 0 Å². The molecule has 3 heterocycles. The van der Waals surface area contributed by atoms with Crippen molar-refractivity contribution < 1.29 is 32.3 Å². The number of carbonyl (C=O) groups is 2. The van der Waals surface area contributed by atoms with Gasteiger partial charge in [0.05, 0.1) is 11.9 Å². The molecule has 1 saturated heterocycles. The highest BCUT2D eigenvalue weighted by Crippen LogP contribution is 2.34. The number of nitrogens with zero attached hydrogens (tertiary/aromatic N) is 5. The summed E-state index contributed by atoms with van der Waals surface area (Å²) in [6, 6.07) is 5.14. The molecular weight excluding hydrogens is 434 g/mol. The fraction of sp³-hybridized carbons (Fsp3) is 0.300. The van der Waals surface area contributed by atoms with Crippen molar-refractivity contribution in [1.29, 1.82) is 0 Å². The normalized spacial score (nSPS) is 17.1. The van der Waals surface area contributed by atoms with Gasteiger partial charge in [0.25, 0.3) is 5.91 Å². The van der Waals surface area contributed by atoms with E-state index in [4.69, 9.17) is 5.11 Å². The van der Waals surface area contributed by atoms with Gasteiger partial charge in [-0.3, -0.25) is 4.79 Å². The van der Waals surface area contributed by atoms with Crippen LogP contribution in [0.3, 0.4) is 0 Å². The molecule has 0 aliphatic carbocycles. The molecule has 1 aliphatic rings. The Morgan fingerprint density at radius 3 is 2.44 bits per heavy atom. The second-order valence-corrected chi connectivity index (χ2v) is 7.42.